The Bertz CT molecular complexity index is 1500. The molecule has 0 saturated heterocycles. The van der Waals surface area contributed by atoms with Crippen molar-refractivity contribution >= 4 is 27.4 Å². The molecule has 2 aromatic carbocycles. The fourth-order valence-corrected chi connectivity index (χ4v) is 5.24. The minimum atomic E-state index is -0.516. The molecule has 3 heterocycles. The van der Waals surface area contributed by atoms with Crippen molar-refractivity contribution in [2.45, 2.75) is 26.4 Å². The van der Waals surface area contributed by atoms with Crippen molar-refractivity contribution in [2.24, 2.45) is 11.7 Å². The first-order valence-corrected chi connectivity index (χ1v) is 12.4. The number of hydrogen-bond acceptors (Lipinski definition) is 7. The molecule has 10 heteroatoms. The molecule has 0 bridgehead atoms. The highest BCUT2D eigenvalue weighted by Gasteiger charge is 2.20. The molecule has 5 rings (SSSR count). The summed E-state index contributed by atoms with van der Waals surface area (Å²) in [5.74, 6) is -0.349. The first kappa shape index (κ1) is 24.0. The van der Waals surface area contributed by atoms with Crippen molar-refractivity contribution in [3.8, 4) is 21.7 Å². The van der Waals surface area contributed by atoms with Gasteiger partial charge in [0.1, 0.15) is 11.5 Å². The van der Waals surface area contributed by atoms with Gasteiger partial charge in [0.05, 0.1) is 23.8 Å². The molecule has 0 aliphatic rings. The number of anilines is 1. The van der Waals surface area contributed by atoms with Crippen molar-refractivity contribution in [2.75, 3.05) is 11.9 Å². The predicted molar refractivity (Wildman–Crippen MR) is 138 cm³/mol. The summed E-state index contributed by atoms with van der Waals surface area (Å²) in [5, 5.41) is 11.7. The van der Waals surface area contributed by atoms with Crippen molar-refractivity contribution < 1.29 is 8.78 Å². The summed E-state index contributed by atoms with van der Waals surface area (Å²) in [4.78, 5) is 9.15. The number of hydrogen-bond donors (Lipinski definition) is 2. The Hall–Kier alpha value is -3.76. The average molecular weight is 506 g/mol. The number of halogens is 2. The van der Waals surface area contributed by atoms with E-state index < -0.39 is 5.82 Å². The first-order chi connectivity index (χ1) is 17.4. The average Bonchev–Trinajstić information content (AvgIpc) is 3.54. The van der Waals surface area contributed by atoms with Crippen LogP contribution >= 0.6 is 11.3 Å². The van der Waals surface area contributed by atoms with E-state index in [1.807, 2.05) is 38.1 Å². The number of fused-ring (bicyclic) bond motifs is 1. The summed E-state index contributed by atoms with van der Waals surface area (Å²) in [5.41, 5.74) is 9.16. The second-order valence-electron chi connectivity index (χ2n) is 8.82. The van der Waals surface area contributed by atoms with Gasteiger partial charge in [-0.05, 0) is 46.2 Å². The number of nitrogens with zero attached hydrogens (tertiary/aromatic N) is 5. The summed E-state index contributed by atoms with van der Waals surface area (Å²) in [7, 11) is 0. The Balaban J connectivity index is 1.51. The van der Waals surface area contributed by atoms with E-state index in [9.17, 15) is 8.78 Å². The summed E-state index contributed by atoms with van der Waals surface area (Å²) in [6, 6.07) is 12.2. The third-order valence-corrected chi connectivity index (χ3v) is 7.19. The fourth-order valence-electron chi connectivity index (χ4n) is 4.06. The van der Waals surface area contributed by atoms with Gasteiger partial charge in [-0.15, -0.1) is 16.4 Å². The standard InChI is InChI=1S/C26H25F2N7S/c1-15(2)23(29)18-7-6-17(27)13-20(18)19-5-3-4-16-12-22(36-25(16)19)24-21(28)14-31-26(33-24)30-8-10-35-11-9-32-34-35/h3-7,9,11-15,23H,8,10,29H2,1-2H3,(H,30,31,33). The van der Waals surface area contributed by atoms with E-state index in [1.54, 1.807) is 23.1 Å². The zero-order chi connectivity index (χ0) is 25.2. The number of nitrogens with two attached hydrogens (primary N) is 1. The largest absolute Gasteiger partial charge is 0.352 e. The Morgan fingerprint density at radius 3 is 2.75 bits per heavy atom. The highest BCUT2D eigenvalue weighted by molar-refractivity contribution is 7.22. The van der Waals surface area contributed by atoms with Crippen LogP contribution < -0.4 is 11.1 Å². The van der Waals surface area contributed by atoms with E-state index in [0.29, 0.717) is 23.9 Å². The maximum Gasteiger partial charge on any atom is 0.223 e. The minimum absolute atomic E-state index is 0.179. The van der Waals surface area contributed by atoms with Gasteiger partial charge in [-0.2, -0.15) is 0 Å². The van der Waals surface area contributed by atoms with Crippen LogP contribution in [0.15, 0.2) is 61.1 Å². The van der Waals surface area contributed by atoms with E-state index >= 15 is 0 Å². The monoisotopic (exact) mass is 505 g/mol. The van der Waals surface area contributed by atoms with Crippen molar-refractivity contribution in [1.29, 1.82) is 0 Å². The molecule has 0 aliphatic heterocycles. The molecular formula is C26H25F2N7S. The summed E-state index contributed by atoms with van der Waals surface area (Å²) < 4.78 is 31.8. The Morgan fingerprint density at radius 2 is 1.97 bits per heavy atom. The summed E-state index contributed by atoms with van der Waals surface area (Å²) >= 11 is 1.41. The van der Waals surface area contributed by atoms with Gasteiger partial charge in [-0.3, -0.25) is 4.68 Å². The molecule has 0 spiro atoms. The Labute approximate surface area is 211 Å². The van der Waals surface area contributed by atoms with Crippen molar-refractivity contribution in [3.05, 3.63) is 78.3 Å². The normalized spacial score (nSPS) is 12.4. The van der Waals surface area contributed by atoms with E-state index in [4.69, 9.17) is 5.73 Å². The number of benzene rings is 2. The summed E-state index contributed by atoms with van der Waals surface area (Å²) in [6.07, 6.45) is 4.52. The molecule has 0 fully saturated rings. The minimum Gasteiger partial charge on any atom is -0.352 e. The SMILES string of the molecule is CC(C)C(N)c1ccc(F)cc1-c1cccc2cc(-c3nc(NCCn4ccnn4)ncc3F)sc12. The van der Waals surface area contributed by atoms with Crippen molar-refractivity contribution in [1.82, 2.24) is 25.0 Å². The molecule has 36 heavy (non-hydrogen) atoms. The van der Waals surface area contributed by atoms with Crippen molar-refractivity contribution in [3.63, 3.8) is 0 Å². The van der Waals surface area contributed by atoms with Crippen LogP contribution in [0.3, 0.4) is 0 Å². The Kier molecular flexibility index (Phi) is 6.71. The first-order valence-electron chi connectivity index (χ1n) is 11.6. The van der Waals surface area contributed by atoms with Gasteiger partial charge in [0, 0.05) is 23.5 Å². The smallest absolute Gasteiger partial charge is 0.223 e. The fraction of sp³-hybridized carbons (Fsp3) is 0.231. The van der Waals surface area contributed by atoms with E-state index in [0.717, 1.165) is 33.0 Å². The highest BCUT2D eigenvalue weighted by Crippen LogP contribution is 2.42. The zero-order valence-corrected chi connectivity index (χ0v) is 20.6. The molecule has 0 aliphatic carbocycles. The third-order valence-electron chi connectivity index (χ3n) is 6.00. The number of rotatable bonds is 8. The van der Waals surface area contributed by atoms with Crippen LogP contribution in [0, 0.1) is 17.6 Å². The van der Waals surface area contributed by atoms with E-state index in [2.05, 4.69) is 25.6 Å². The van der Waals surface area contributed by atoms with Crippen LogP contribution in [0.1, 0.15) is 25.5 Å². The van der Waals surface area contributed by atoms with E-state index in [-0.39, 0.29) is 23.5 Å². The van der Waals surface area contributed by atoms with Crippen LogP contribution in [0.5, 0.6) is 0 Å². The molecule has 3 N–H and O–H groups in total. The maximum atomic E-state index is 14.8. The van der Waals surface area contributed by atoms with E-state index in [1.165, 1.54) is 23.5 Å². The molecule has 7 nitrogen and oxygen atoms in total. The molecule has 184 valence electrons. The number of thiophene rings is 1. The lowest BCUT2D eigenvalue weighted by Gasteiger charge is -2.20. The molecule has 0 saturated carbocycles. The molecule has 5 aromatic rings. The Morgan fingerprint density at radius 1 is 1.11 bits per heavy atom. The van der Waals surface area contributed by atoms with Gasteiger partial charge in [0.15, 0.2) is 5.82 Å². The second-order valence-corrected chi connectivity index (χ2v) is 9.87. The zero-order valence-electron chi connectivity index (χ0n) is 19.8. The second kappa shape index (κ2) is 10.1. The van der Waals surface area contributed by atoms with Gasteiger partial charge >= 0.3 is 0 Å². The van der Waals surface area contributed by atoms with Gasteiger partial charge < -0.3 is 11.1 Å². The number of aromatic nitrogens is 5. The van der Waals surface area contributed by atoms with Crippen LogP contribution in [-0.4, -0.2) is 31.5 Å². The van der Waals surface area contributed by atoms with Crippen LogP contribution in [0.4, 0.5) is 14.7 Å². The van der Waals surface area contributed by atoms with Crippen LogP contribution in [0.2, 0.25) is 0 Å². The molecule has 0 radical (unpaired) electrons. The summed E-state index contributed by atoms with van der Waals surface area (Å²) in [6.45, 7) is 5.15. The van der Waals surface area contributed by atoms with Crippen LogP contribution in [0.25, 0.3) is 31.8 Å². The van der Waals surface area contributed by atoms with Gasteiger partial charge in [0.2, 0.25) is 5.95 Å². The molecule has 0 amide bonds. The molecule has 1 unspecified atom stereocenters. The van der Waals surface area contributed by atoms with Gasteiger partial charge in [-0.1, -0.05) is 43.3 Å². The van der Waals surface area contributed by atoms with Gasteiger partial charge in [-0.25, -0.2) is 18.7 Å². The molecule has 3 aromatic heterocycles. The lowest BCUT2D eigenvalue weighted by molar-refractivity contribution is 0.514. The highest BCUT2D eigenvalue weighted by atomic mass is 32.1. The maximum absolute atomic E-state index is 14.8. The van der Waals surface area contributed by atoms with Crippen LogP contribution in [-0.2, 0) is 6.54 Å². The third kappa shape index (κ3) is 4.82. The lowest BCUT2D eigenvalue weighted by Crippen LogP contribution is -2.17. The molecular weight excluding hydrogens is 480 g/mol. The predicted octanol–water partition coefficient (Wildman–Crippen LogP) is 5.66. The molecule has 1 atom stereocenters. The lowest BCUT2D eigenvalue weighted by atomic mass is 9.89. The quantitative estimate of drug-likeness (QED) is 0.282. The number of nitrogens with one attached hydrogen (secondary N) is 1. The topological polar surface area (TPSA) is 94.5 Å². The van der Waals surface area contributed by atoms with Gasteiger partial charge in [0.25, 0.3) is 0 Å².